The van der Waals surface area contributed by atoms with Gasteiger partial charge in [-0.3, -0.25) is 0 Å². The Morgan fingerprint density at radius 1 is 1.43 bits per heavy atom. The van der Waals surface area contributed by atoms with Crippen LogP contribution in [0.3, 0.4) is 0 Å². The van der Waals surface area contributed by atoms with Gasteiger partial charge in [0.25, 0.3) is 10.1 Å². The molecule has 118 valence electrons. The van der Waals surface area contributed by atoms with Crippen molar-refractivity contribution in [1.29, 1.82) is 0 Å². The van der Waals surface area contributed by atoms with Crippen LogP contribution in [0, 0.1) is 0 Å². The Morgan fingerprint density at radius 2 is 2.10 bits per heavy atom. The highest BCUT2D eigenvalue weighted by atomic mass is 35.5. The normalized spacial score (nSPS) is 29.3. The summed E-state index contributed by atoms with van der Waals surface area (Å²) in [5.41, 5.74) is 0.290. The summed E-state index contributed by atoms with van der Waals surface area (Å²) < 4.78 is 34.6. The third kappa shape index (κ3) is 3.76. The molecular weight excluding hydrogens is 314 g/mol. The molecule has 0 saturated carbocycles. The van der Waals surface area contributed by atoms with Gasteiger partial charge in [0.2, 0.25) is 5.79 Å². The first-order valence-electron chi connectivity index (χ1n) is 6.62. The fraction of sp³-hybridized carbons (Fsp3) is 0.571. The molecule has 0 bridgehead atoms. The first kappa shape index (κ1) is 16.7. The zero-order valence-electron chi connectivity index (χ0n) is 12.5. The van der Waals surface area contributed by atoms with Gasteiger partial charge < -0.3 is 10.1 Å². The SMILES string of the molecule is C[C@@H]1NC(C)(C)CO[C@@]1(OS(C)(=O)=O)c1cccc(Cl)c1. The van der Waals surface area contributed by atoms with Crippen LogP contribution in [-0.4, -0.2) is 32.9 Å². The first-order chi connectivity index (χ1) is 9.54. The Balaban J connectivity index is 2.50. The van der Waals surface area contributed by atoms with Gasteiger partial charge in [0.15, 0.2) is 0 Å². The molecule has 2 atom stereocenters. The van der Waals surface area contributed by atoms with E-state index in [2.05, 4.69) is 5.32 Å². The van der Waals surface area contributed by atoms with Crippen LogP contribution in [0.25, 0.3) is 0 Å². The summed E-state index contributed by atoms with van der Waals surface area (Å²) >= 11 is 6.02. The number of halogens is 1. The largest absolute Gasteiger partial charge is 0.342 e. The van der Waals surface area contributed by atoms with E-state index in [1.54, 1.807) is 24.3 Å². The van der Waals surface area contributed by atoms with Crippen molar-refractivity contribution in [3.05, 3.63) is 34.9 Å². The molecule has 0 aromatic heterocycles. The second-order valence-electron chi connectivity index (χ2n) is 6.00. The maximum absolute atomic E-state index is 11.7. The average molecular weight is 334 g/mol. The molecular formula is C14H20ClNO4S. The molecule has 1 fully saturated rings. The van der Waals surface area contributed by atoms with Crippen molar-refractivity contribution in [2.45, 2.75) is 38.1 Å². The van der Waals surface area contributed by atoms with Crippen LogP contribution in [0.15, 0.2) is 24.3 Å². The van der Waals surface area contributed by atoms with E-state index in [1.165, 1.54) is 0 Å². The zero-order valence-corrected chi connectivity index (χ0v) is 14.1. The van der Waals surface area contributed by atoms with Crippen LogP contribution in [-0.2, 0) is 24.8 Å². The molecule has 5 nitrogen and oxygen atoms in total. The lowest BCUT2D eigenvalue weighted by molar-refractivity contribution is -0.243. The van der Waals surface area contributed by atoms with Gasteiger partial charge in [-0.15, -0.1) is 0 Å². The molecule has 0 spiro atoms. The maximum Gasteiger partial charge on any atom is 0.267 e. The highest BCUT2D eigenvalue weighted by molar-refractivity contribution is 7.86. The average Bonchev–Trinajstić information content (AvgIpc) is 2.31. The van der Waals surface area contributed by atoms with E-state index in [9.17, 15) is 8.42 Å². The van der Waals surface area contributed by atoms with Crippen LogP contribution < -0.4 is 5.32 Å². The molecule has 2 rings (SSSR count). The number of ether oxygens (including phenoxy) is 1. The van der Waals surface area contributed by atoms with Gasteiger partial charge in [-0.05, 0) is 32.9 Å². The molecule has 0 unspecified atom stereocenters. The molecule has 21 heavy (non-hydrogen) atoms. The molecule has 1 aromatic rings. The van der Waals surface area contributed by atoms with Gasteiger partial charge in [-0.25, -0.2) is 4.18 Å². The Hall–Kier alpha value is -0.660. The summed E-state index contributed by atoms with van der Waals surface area (Å²) in [5, 5.41) is 3.82. The summed E-state index contributed by atoms with van der Waals surface area (Å²) in [6, 6.07) is 6.47. The molecule has 7 heteroatoms. The van der Waals surface area contributed by atoms with E-state index in [1.807, 2.05) is 20.8 Å². The summed E-state index contributed by atoms with van der Waals surface area (Å²) in [4.78, 5) is 0. The Bertz CT molecular complexity index is 632. The lowest BCUT2D eigenvalue weighted by Crippen LogP contribution is -2.64. The third-order valence-electron chi connectivity index (χ3n) is 3.33. The fourth-order valence-corrected chi connectivity index (χ4v) is 3.47. The van der Waals surface area contributed by atoms with Gasteiger partial charge in [-0.1, -0.05) is 23.7 Å². The van der Waals surface area contributed by atoms with E-state index in [0.29, 0.717) is 17.2 Å². The minimum Gasteiger partial charge on any atom is -0.342 e. The van der Waals surface area contributed by atoms with Crippen molar-refractivity contribution in [1.82, 2.24) is 5.32 Å². The Kier molecular flexibility index (Phi) is 4.39. The van der Waals surface area contributed by atoms with Gasteiger partial charge >= 0.3 is 0 Å². The summed E-state index contributed by atoms with van der Waals surface area (Å²) in [6.07, 6.45) is 1.01. The summed E-state index contributed by atoms with van der Waals surface area (Å²) in [5.74, 6) is -1.42. The van der Waals surface area contributed by atoms with Gasteiger partial charge in [0.1, 0.15) is 0 Å². The van der Waals surface area contributed by atoms with Crippen molar-refractivity contribution in [2.24, 2.45) is 0 Å². The first-order valence-corrected chi connectivity index (χ1v) is 8.82. The van der Waals surface area contributed by atoms with Crippen molar-refractivity contribution < 1.29 is 17.3 Å². The van der Waals surface area contributed by atoms with Crippen molar-refractivity contribution >= 4 is 21.7 Å². The van der Waals surface area contributed by atoms with E-state index >= 15 is 0 Å². The van der Waals surface area contributed by atoms with E-state index < -0.39 is 15.9 Å². The number of hydrogen-bond acceptors (Lipinski definition) is 5. The standard InChI is InChI=1S/C14H20ClNO4S/c1-10-14(20-21(4,17)18,19-9-13(2,3)16-10)11-6-5-7-12(15)8-11/h5-8,10,16H,9H2,1-4H3/t10-,14-/m0/s1. The second kappa shape index (κ2) is 5.52. The molecule has 1 N–H and O–H groups in total. The minimum absolute atomic E-state index is 0.275. The highest BCUT2D eigenvalue weighted by Gasteiger charge is 2.49. The Morgan fingerprint density at radius 3 is 2.62 bits per heavy atom. The topological polar surface area (TPSA) is 64.6 Å². The van der Waals surface area contributed by atoms with E-state index in [4.69, 9.17) is 20.5 Å². The lowest BCUT2D eigenvalue weighted by atomic mass is 9.92. The second-order valence-corrected chi connectivity index (χ2v) is 8.02. The number of benzene rings is 1. The lowest BCUT2D eigenvalue weighted by Gasteiger charge is -2.47. The summed E-state index contributed by atoms with van der Waals surface area (Å²) in [7, 11) is -3.72. The minimum atomic E-state index is -3.72. The molecule has 1 aromatic carbocycles. The smallest absolute Gasteiger partial charge is 0.267 e. The monoisotopic (exact) mass is 333 g/mol. The fourth-order valence-electron chi connectivity index (χ4n) is 2.54. The summed E-state index contributed by atoms with van der Waals surface area (Å²) in [6.45, 7) is 6.09. The van der Waals surface area contributed by atoms with Gasteiger partial charge in [0, 0.05) is 16.1 Å². The van der Waals surface area contributed by atoms with E-state index in [-0.39, 0.29) is 11.6 Å². The highest BCUT2D eigenvalue weighted by Crippen LogP contribution is 2.38. The molecule has 0 aliphatic carbocycles. The molecule has 1 heterocycles. The van der Waals surface area contributed by atoms with E-state index in [0.717, 1.165) is 6.26 Å². The molecule has 1 aliphatic rings. The number of nitrogens with one attached hydrogen (secondary N) is 1. The van der Waals surface area contributed by atoms with Gasteiger partial charge in [0.05, 0.1) is 18.9 Å². The van der Waals surface area contributed by atoms with Crippen LogP contribution >= 0.6 is 11.6 Å². The third-order valence-corrected chi connectivity index (χ3v) is 4.11. The molecule has 1 saturated heterocycles. The van der Waals surface area contributed by atoms with Gasteiger partial charge in [-0.2, -0.15) is 8.42 Å². The quantitative estimate of drug-likeness (QED) is 0.859. The van der Waals surface area contributed by atoms with Crippen LogP contribution in [0.5, 0.6) is 0 Å². The van der Waals surface area contributed by atoms with Crippen LogP contribution in [0.4, 0.5) is 0 Å². The number of rotatable bonds is 3. The molecule has 0 radical (unpaired) electrons. The van der Waals surface area contributed by atoms with Crippen molar-refractivity contribution in [2.75, 3.05) is 12.9 Å². The maximum atomic E-state index is 11.7. The van der Waals surface area contributed by atoms with Crippen LogP contribution in [0.1, 0.15) is 26.3 Å². The predicted octanol–water partition coefficient (Wildman–Crippen LogP) is 2.26. The number of hydrogen-bond donors (Lipinski definition) is 1. The van der Waals surface area contributed by atoms with Crippen molar-refractivity contribution in [3.63, 3.8) is 0 Å². The Labute approximate surface area is 130 Å². The predicted molar refractivity (Wildman–Crippen MR) is 81.7 cm³/mol. The zero-order chi connectivity index (χ0) is 15.9. The molecule has 0 amide bonds. The van der Waals surface area contributed by atoms with Crippen molar-refractivity contribution in [3.8, 4) is 0 Å². The molecule has 1 aliphatic heterocycles. The van der Waals surface area contributed by atoms with Crippen LogP contribution in [0.2, 0.25) is 5.02 Å². The number of morpholine rings is 1.